The zero-order chi connectivity index (χ0) is 12.5. The number of anilines is 2. The summed E-state index contributed by atoms with van der Waals surface area (Å²) in [4.78, 5) is 4.43. The molecule has 1 aromatic heterocycles. The molecule has 1 aromatic rings. The van der Waals surface area contributed by atoms with Gasteiger partial charge in [0.05, 0.1) is 0 Å². The Bertz CT molecular complexity index is 317. The molecule has 0 aliphatic rings. The van der Waals surface area contributed by atoms with E-state index in [1.165, 1.54) is 0 Å². The first kappa shape index (κ1) is 13.8. The third-order valence-electron chi connectivity index (χ3n) is 2.60. The molecule has 0 spiro atoms. The van der Waals surface area contributed by atoms with Crippen LogP contribution < -0.4 is 10.6 Å². The number of aliphatic hydroxyl groups is 1. The van der Waals surface area contributed by atoms with Crippen molar-refractivity contribution in [1.82, 2.24) is 4.98 Å². The van der Waals surface area contributed by atoms with Gasteiger partial charge in [-0.3, -0.25) is 0 Å². The number of hydrogen-bond donors (Lipinski definition) is 3. The third-order valence-corrected chi connectivity index (χ3v) is 2.60. The van der Waals surface area contributed by atoms with E-state index in [2.05, 4.69) is 29.5 Å². The van der Waals surface area contributed by atoms with Crippen molar-refractivity contribution in [3.8, 4) is 0 Å². The van der Waals surface area contributed by atoms with Crippen molar-refractivity contribution in [2.24, 2.45) is 5.92 Å². The smallest absolute Gasteiger partial charge is 0.128 e. The summed E-state index contributed by atoms with van der Waals surface area (Å²) in [6, 6.07) is 5.92. The monoisotopic (exact) mass is 237 g/mol. The van der Waals surface area contributed by atoms with Gasteiger partial charge in [-0.05, 0) is 37.8 Å². The Kier molecular flexibility index (Phi) is 6.40. The molecule has 4 nitrogen and oxygen atoms in total. The lowest BCUT2D eigenvalue weighted by atomic mass is 10.1. The third kappa shape index (κ3) is 5.54. The summed E-state index contributed by atoms with van der Waals surface area (Å²) < 4.78 is 0. The summed E-state index contributed by atoms with van der Waals surface area (Å²) in [6.45, 7) is 6.16. The molecule has 0 bridgehead atoms. The van der Waals surface area contributed by atoms with Crippen LogP contribution in [0.2, 0.25) is 0 Å². The number of aliphatic hydroxyl groups excluding tert-OH is 1. The van der Waals surface area contributed by atoms with Crippen molar-refractivity contribution in [3.05, 3.63) is 18.2 Å². The fourth-order valence-corrected chi connectivity index (χ4v) is 1.57. The normalized spacial score (nSPS) is 12.2. The molecule has 1 unspecified atom stereocenters. The second-order valence-corrected chi connectivity index (χ2v) is 4.30. The lowest BCUT2D eigenvalue weighted by Crippen LogP contribution is -2.08. The molecule has 96 valence electrons. The van der Waals surface area contributed by atoms with Gasteiger partial charge in [0.25, 0.3) is 0 Å². The lowest BCUT2D eigenvalue weighted by Gasteiger charge is -2.10. The SMILES string of the molecule is CCNc1cccc(NCCCC(C)CO)n1. The molecule has 0 aromatic carbocycles. The number of nitrogens with zero attached hydrogens (tertiary/aromatic N) is 1. The minimum atomic E-state index is 0.272. The summed E-state index contributed by atoms with van der Waals surface area (Å²) in [5, 5.41) is 15.4. The summed E-state index contributed by atoms with van der Waals surface area (Å²) in [5.41, 5.74) is 0. The molecule has 0 aliphatic carbocycles. The average molecular weight is 237 g/mol. The number of rotatable bonds is 8. The molecular weight excluding hydrogens is 214 g/mol. The molecule has 1 heterocycles. The van der Waals surface area contributed by atoms with E-state index < -0.39 is 0 Å². The second kappa shape index (κ2) is 7.90. The van der Waals surface area contributed by atoms with Gasteiger partial charge in [0.15, 0.2) is 0 Å². The maximum atomic E-state index is 8.91. The zero-order valence-electron chi connectivity index (χ0n) is 10.7. The average Bonchev–Trinajstić information content (AvgIpc) is 2.35. The van der Waals surface area contributed by atoms with Crippen molar-refractivity contribution in [3.63, 3.8) is 0 Å². The molecule has 4 heteroatoms. The highest BCUT2D eigenvalue weighted by molar-refractivity contribution is 5.44. The highest BCUT2D eigenvalue weighted by Crippen LogP contribution is 2.10. The molecule has 0 aliphatic heterocycles. The second-order valence-electron chi connectivity index (χ2n) is 4.30. The molecular formula is C13H23N3O. The van der Waals surface area contributed by atoms with Crippen molar-refractivity contribution >= 4 is 11.6 Å². The maximum Gasteiger partial charge on any atom is 0.128 e. The Morgan fingerprint density at radius 2 is 2.00 bits per heavy atom. The van der Waals surface area contributed by atoms with E-state index in [9.17, 15) is 0 Å². The fraction of sp³-hybridized carbons (Fsp3) is 0.615. The van der Waals surface area contributed by atoms with E-state index in [0.717, 1.165) is 37.6 Å². The van der Waals surface area contributed by atoms with Gasteiger partial charge in [0.2, 0.25) is 0 Å². The molecule has 1 rings (SSSR count). The van der Waals surface area contributed by atoms with Crippen LogP contribution in [0.5, 0.6) is 0 Å². The highest BCUT2D eigenvalue weighted by Gasteiger charge is 2.00. The van der Waals surface area contributed by atoms with Crippen molar-refractivity contribution < 1.29 is 5.11 Å². The Morgan fingerprint density at radius 1 is 1.29 bits per heavy atom. The minimum Gasteiger partial charge on any atom is -0.396 e. The van der Waals surface area contributed by atoms with Crippen molar-refractivity contribution in [2.75, 3.05) is 30.3 Å². The van der Waals surface area contributed by atoms with Gasteiger partial charge < -0.3 is 15.7 Å². The van der Waals surface area contributed by atoms with Crippen LogP contribution in [0.15, 0.2) is 18.2 Å². The lowest BCUT2D eigenvalue weighted by molar-refractivity contribution is 0.229. The Hall–Kier alpha value is -1.29. The van der Waals surface area contributed by atoms with Gasteiger partial charge in [-0.1, -0.05) is 13.0 Å². The summed E-state index contributed by atoms with van der Waals surface area (Å²) >= 11 is 0. The fourth-order valence-electron chi connectivity index (χ4n) is 1.57. The van der Waals surface area contributed by atoms with Crippen molar-refractivity contribution in [1.29, 1.82) is 0 Å². The first-order valence-electron chi connectivity index (χ1n) is 6.32. The van der Waals surface area contributed by atoms with Gasteiger partial charge in [-0.2, -0.15) is 0 Å². The van der Waals surface area contributed by atoms with Crippen LogP contribution in [0.1, 0.15) is 26.7 Å². The first-order chi connectivity index (χ1) is 8.26. The van der Waals surface area contributed by atoms with Crippen LogP contribution in [-0.2, 0) is 0 Å². The van der Waals surface area contributed by atoms with E-state index in [1.807, 2.05) is 18.2 Å². The van der Waals surface area contributed by atoms with Crippen LogP contribution >= 0.6 is 0 Å². The first-order valence-corrected chi connectivity index (χ1v) is 6.32. The quantitative estimate of drug-likeness (QED) is 0.607. The van der Waals surface area contributed by atoms with Crippen LogP contribution in [0, 0.1) is 5.92 Å². The van der Waals surface area contributed by atoms with Gasteiger partial charge in [-0.25, -0.2) is 4.98 Å². The maximum absolute atomic E-state index is 8.91. The molecule has 0 radical (unpaired) electrons. The Balaban J connectivity index is 2.28. The molecule has 0 saturated carbocycles. The predicted molar refractivity (Wildman–Crippen MR) is 72.4 cm³/mol. The number of pyridine rings is 1. The largest absolute Gasteiger partial charge is 0.396 e. The molecule has 0 saturated heterocycles. The Labute approximate surface area is 103 Å². The van der Waals surface area contributed by atoms with Crippen LogP contribution in [-0.4, -0.2) is 29.8 Å². The van der Waals surface area contributed by atoms with E-state index in [4.69, 9.17) is 5.11 Å². The van der Waals surface area contributed by atoms with E-state index in [-0.39, 0.29) is 6.61 Å². The van der Waals surface area contributed by atoms with Gasteiger partial charge in [0, 0.05) is 19.7 Å². The van der Waals surface area contributed by atoms with Gasteiger partial charge in [0.1, 0.15) is 11.6 Å². The van der Waals surface area contributed by atoms with Crippen LogP contribution in [0.4, 0.5) is 11.6 Å². The minimum absolute atomic E-state index is 0.272. The topological polar surface area (TPSA) is 57.2 Å². The summed E-state index contributed by atoms with van der Waals surface area (Å²) in [7, 11) is 0. The number of hydrogen-bond acceptors (Lipinski definition) is 4. The van der Waals surface area contributed by atoms with Crippen LogP contribution in [0.3, 0.4) is 0 Å². The molecule has 0 fully saturated rings. The zero-order valence-corrected chi connectivity index (χ0v) is 10.7. The predicted octanol–water partition coefficient (Wildman–Crippen LogP) is 2.33. The molecule has 0 amide bonds. The summed E-state index contributed by atoms with van der Waals surface area (Å²) in [6.07, 6.45) is 2.09. The highest BCUT2D eigenvalue weighted by atomic mass is 16.3. The molecule has 17 heavy (non-hydrogen) atoms. The molecule has 1 atom stereocenters. The number of aromatic nitrogens is 1. The molecule has 3 N–H and O–H groups in total. The van der Waals surface area contributed by atoms with Crippen molar-refractivity contribution in [2.45, 2.75) is 26.7 Å². The Morgan fingerprint density at radius 3 is 2.65 bits per heavy atom. The van der Waals surface area contributed by atoms with E-state index in [0.29, 0.717) is 5.92 Å². The van der Waals surface area contributed by atoms with Crippen LogP contribution in [0.25, 0.3) is 0 Å². The summed E-state index contributed by atoms with van der Waals surface area (Å²) in [5.74, 6) is 2.19. The number of nitrogens with one attached hydrogen (secondary N) is 2. The van der Waals surface area contributed by atoms with E-state index in [1.54, 1.807) is 0 Å². The van der Waals surface area contributed by atoms with E-state index >= 15 is 0 Å². The van der Waals surface area contributed by atoms with Gasteiger partial charge >= 0.3 is 0 Å². The van der Waals surface area contributed by atoms with Gasteiger partial charge in [-0.15, -0.1) is 0 Å². The standard InChI is InChI=1S/C13H23N3O/c1-3-14-12-7-4-8-13(16-12)15-9-5-6-11(2)10-17/h4,7-8,11,17H,3,5-6,9-10H2,1-2H3,(H2,14,15,16).